The molecule has 0 fully saturated rings. The van der Waals surface area contributed by atoms with Crippen molar-refractivity contribution in [3.8, 4) is 5.88 Å². The Bertz CT molecular complexity index is 617. The Labute approximate surface area is 109 Å². The number of aromatic nitrogens is 2. The van der Waals surface area contributed by atoms with Crippen molar-refractivity contribution in [3.63, 3.8) is 0 Å². The summed E-state index contributed by atoms with van der Waals surface area (Å²) in [5.74, 6) is -0.544. The number of hydrogen-bond donors (Lipinski definition) is 1. The van der Waals surface area contributed by atoms with Crippen LogP contribution >= 0.6 is 0 Å². The second-order valence-electron chi connectivity index (χ2n) is 3.86. The molecule has 0 aliphatic heterocycles. The zero-order valence-electron chi connectivity index (χ0n) is 10.5. The van der Waals surface area contributed by atoms with Crippen molar-refractivity contribution >= 4 is 11.6 Å². The van der Waals surface area contributed by atoms with E-state index in [0.717, 1.165) is 0 Å². The molecule has 1 heterocycles. The SMILES string of the molecule is COc1cc(C(=O)Nc2ccc(C)c(F)c2)ncn1. The number of methoxy groups -OCH3 is 1. The van der Waals surface area contributed by atoms with E-state index in [1.54, 1.807) is 19.1 Å². The fourth-order valence-corrected chi connectivity index (χ4v) is 1.44. The molecule has 0 spiro atoms. The molecule has 0 unspecified atom stereocenters. The number of anilines is 1. The van der Waals surface area contributed by atoms with Crippen LogP contribution < -0.4 is 10.1 Å². The summed E-state index contributed by atoms with van der Waals surface area (Å²) in [6.45, 7) is 1.65. The van der Waals surface area contributed by atoms with Crippen molar-refractivity contribution in [2.45, 2.75) is 6.92 Å². The lowest BCUT2D eigenvalue weighted by Gasteiger charge is -2.06. The van der Waals surface area contributed by atoms with Gasteiger partial charge in [0.25, 0.3) is 5.91 Å². The predicted molar refractivity (Wildman–Crippen MR) is 67.7 cm³/mol. The van der Waals surface area contributed by atoms with Crippen LogP contribution in [0.25, 0.3) is 0 Å². The molecule has 1 aromatic carbocycles. The summed E-state index contributed by atoms with van der Waals surface area (Å²) in [6.07, 6.45) is 1.23. The molecule has 1 aromatic heterocycles. The molecule has 0 radical (unpaired) electrons. The highest BCUT2D eigenvalue weighted by atomic mass is 19.1. The van der Waals surface area contributed by atoms with Crippen LogP contribution in [0.3, 0.4) is 0 Å². The number of carbonyl (C=O) groups excluding carboxylic acids is 1. The molecule has 0 saturated heterocycles. The first-order valence-electron chi connectivity index (χ1n) is 5.53. The zero-order chi connectivity index (χ0) is 13.8. The van der Waals surface area contributed by atoms with E-state index in [2.05, 4.69) is 15.3 Å². The minimum Gasteiger partial charge on any atom is -0.481 e. The Kier molecular flexibility index (Phi) is 3.70. The molecule has 19 heavy (non-hydrogen) atoms. The zero-order valence-corrected chi connectivity index (χ0v) is 10.5. The van der Waals surface area contributed by atoms with Crippen LogP contribution in [0.1, 0.15) is 16.1 Å². The minimum absolute atomic E-state index is 0.146. The van der Waals surface area contributed by atoms with E-state index in [4.69, 9.17) is 4.74 Å². The summed E-state index contributed by atoms with van der Waals surface area (Å²) in [7, 11) is 1.44. The number of amides is 1. The molecule has 0 aliphatic carbocycles. The van der Waals surface area contributed by atoms with Gasteiger partial charge in [-0.15, -0.1) is 0 Å². The number of hydrogen-bond acceptors (Lipinski definition) is 4. The number of halogens is 1. The Morgan fingerprint density at radius 2 is 2.11 bits per heavy atom. The first kappa shape index (κ1) is 12.9. The van der Waals surface area contributed by atoms with Gasteiger partial charge in [0, 0.05) is 11.8 Å². The third kappa shape index (κ3) is 3.04. The Hall–Kier alpha value is -2.50. The van der Waals surface area contributed by atoms with Gasteiger partial charge < -0.3 is 10.1 Å². The highest BCUT2D eigenvalue weighted by Crippen LogP contribution is 2.15. The van der Waals surface area contributed by atoms with Gasteiger partial charge in [0.05, 0.1) is 7.11 Å². The Morgan fingerprint density at radius 1 is 1.32 bits per heavy atom. The molecule has 98 valence electrons. The molecule has 2 aromatic rings. The van der Waals surface area contributed by atoms with E-state index in [9.17, 15) is 9.18 Å². The topological polar surface area (TPSA) is 64.1 Å². The smallest absolute Gasteiger partial charge is 0.274 e. The summed E-state index contributed by atoms with van der Waals surface area (Å²) in [6, 6.07) is 5.87. The lowest BCUT2D eigenvalue weighted by atomic mass is 10.2. The van der Waals surface area contributed by atoms with E-state index < -0.39 is 5.91 Å². The van der Waals surface area contributed by atoms with Gasteiger partial charge in [0.2, 0.25) is 5.88 Å². The maximum Gasteiger partial charge on any atom is 0.274 e. The number of carbonyl (C=O) groups is 1. The van der Waals surface area contributed by atoms with Crippen molar-refractivity contribution < 1.29 is 13.9 Å². The summed E-state index contributed by atoms with van der Waals surface area (Å²) in [5.41, 5.74) is 1.03. The monoisotopic (exact) mass is 261 g/mol. The van der Waals surface area contributed by atoms with Crippen LogP contribution in [0.4, 0.5) is 10.1 Å². The summed E-state index contributed by atoms with van der Waals surface area (Å²) in [4.78, 5) is 19.5. The van der Waals surface area contributed by atoms with Crippen LogP contribution in [0.5, 0.6) is 5.88 Å². The molecule has 5 nitrogen and oxygen atoms in total. The quantitative estimate of drug-likeness (QED) is 0.919. The first-order valence-corrected chi connectivity index (χ1v) is 5.53. The van der Waals surface area contributed by atoms with Crippen molar-refractivity contribution in [1.82, 2.24) is 9.97 Å². The maximum atomic E-state index is 13.4. The van der Waals surface area contributed by atoms with E-state index in [1.807, 2.05) is 0 Å². The van der Waals surface area contributed by atoms with Gasteiger partial charge in [-0.3, -0.25) is 4.79 Å². The second kappa shape index (κ2) is 5.43. The standard InChI is InChI=1S/C13H12FN3O2/c1-8-3-4-9(5-10(8)14)17-13(18)11-6-12(19-2)16-7-15-11/h3-7H,1-2H3,(H,17,18). The third-order valence-electron chi connectivity index (χ3n) is 2.51. The average molecular weight is 261 g/mol. The van der Waals surface area contributed by atoms with Gasteiger partial charge in [0.15, 0.2) is 0 Å². The highest BCUT2D eigenvalue weighted by molar-refractivity contribution is 6.02. The minimum atomic E-state index is -0.455. The lowest BCUT2D eigenvalue weighted by Crippen LogP contribution is -2.14. The summed E-state index contributed by atoms with van der Waals surface area (Å²) < 4.78 is 18.3. The van der Waals surface area contributed by atoms with E-state index >= 15 is 0 Å². The van der Waals surface area contributed by atoms with Crippen molar-refractivity contribution in [2.75, 3.05) is 12.4 Å². The number of ether oxygens (including phenoxy) is 1. The largest absolute Gasteiger partial charge is 0.481 e. The first-order chi connectivity index (χ1) is 9.10. The fourth-order valence-electron chi connectivity index (χ4n) is 1.44. The van der Waals surface area contributed by atoms with Crippen LogP contribution in [0.15, 0.2) is 30.6 Å². The predicted octanol–water partition coefficient (Wildman–Crippen LogP) is 2.19. The van der Waals surface area contributed by atoms with Gasteiger partial charge in [-0.25, -0.2) is 14.4 Å². The molecule has 6 heteroatoms. The molecule has 0 saturated carbocycles. The highest BCUT2D eigenvalue weighted by Gasteiger charge is 2.10. The van der Waals surface area contributed by atoms with Crippen LogP contribution in [-0.2, 0) is 0 Å². The molecular formula is C13H12FN3O2. The molecule has 2 rings (SSSR count). The molecule has 1 N–H and O–H groups in total. The number of nitrogens with one attached hydrogen (secondary N) is 1. The Balaban J connectivity index is 2.18. The van der Waals surface area contributed by atoms with E-state index in [0.29, 0.717) is 11.3 Å². The molecule has 0 atom stereocenters. The normalized spacial score (nSPS) is 10.1. The molecule has 0 aliphatic rings. The van der Waals surface area contributed by atoms with Gasteiger partial charge in [-0.1, -0.05) is 6.07 Å². The van der Waals surface area contributed by atoms with Gasteiger partial charge in [-0.05, 0) is 24.6 Å². The molecular weight excluding hydrogens is 249 g/mol. The molecule has 0 bridgehead atoms. The van der Waals surface area contributed by atoms with Crippen molar-refractivity contribution in [3.05, 3.63) is 47.7 Å². The number of benzene rings is 1. The van der Waals surface area contributed by atoms with Gasteiger partial charge in [-0.2, -0.15) is 0 Å². The Morgan fingerprint density at radius 3 is 2.79 bits per heavy atom. The summed E-state index contributed by atoms with van der Waals surface area (Å²) >= 11 is 0. The average Bonchev–Trinajstić information content (AvgIpc) is 2.43. The van der Waals surface area contributed by atoms with Crippen LogP contribution in [-0.4, -0.2) is 23.0 Å². The van der Waals surface area contributed by atoms with Crippen molar-refractivity contribution in [2.24, 2.45) is 0 Å². The van der Waals surface area contributed by atoms with E-state index in [-0.39, 0.29) is 17.4 Å². The lowest BCUT2D eigenvalue weighted by molar-refractivity contribution is 0.102. The van der Waals surface area contributed by atoms with Gasteiger partial charge >= 0.3 is 0 Å². The second-order valence-corrected chi connectivity index (χ2v) is 3.86. The number of nitrogens with zero attached hydrogens (tertiary/aromatic N) is 2. The van der Waals surface area contributed by atoms with Crippen molar-refractivity contribution in [1.29, 1.82) is 0 Å². The third-order valence-corrected chi connectivity index (χ3v) is 2.51. The number of rotatable bonds is 3. The maximum absolute atomic E-state index is 13.4. The van der Waals surface area contributed by atoms with Crippen LogP contribution in [0, 0.1) is 12.7 Å². The van der Waals surface area contributed by atoms with E-state index in [1.165, 1.54) is 25.6 Å². The fraction of sp³-hybridized carbons (Fsp3) is 0.154. The summed E-state index contributed by atoms with van der Waals surface area (Å²) in [5, 5.41) is 2.55. The van der Waals surface area contributed by atoms with Crippen LogP contribution in [0.2, 0.25) is 0 Å². The number of aryl methyl sites for hydroxylation is 1. The van der Waals surface area contributed by atoms with Gasteiger partial charge in [0.1, 0.15) is 17.8 Å². The molecule has 1 amide bonds.